The van der Waals surface area contributed by atoms with Crippen LogP contribution in [0.2, 0.25) is 0 Å². The normalized spacial score (nSPS) is 29.3. The van der Waals surface area contributed by atoms with Crippen LogP contribution in [-0.4, -0.2) is 33.6 Å². The molecule has 0 radical (unpaired) electrons. The highest BCUT2D eigenvalue weighted by molar-refractivity contribution is 5.00. The van der Waals surface area contributed by atoms with Crippen molar-refractivity contribution in [3.63, 3.8) is 0 Å². The molecular formula is C14H23N3O2. The third-order valence-corrected chi connectivity index (χ3v) is 4.89. The molecule has 3 rings (SSSR count). The van der Waals surface area contributed by atoms with E-state index in [0.29, 0.717) is 12.4 Å². The van der Waals surface area contributed by atoms with Crippen molar-refractivity contribution in [3.8, 4) is 0 Å². The van der Waals surface area contributed by atoms with Crippen molar-refractivity contribution >= 4 is 0 Å². The van der Waals surface area contributed by atoms with Crippen LogP contribution in [0.3, 0.4) is 0 Å². The Morgan fingerprint density at radius 1 is 1.26 bits per heavy atom. The monoisotopic (exact) mass is 265 g/mol. The lowest BCUT2D eigenvalue weighted by atomic mass is 9.86. The number of nitrogens with zero attached hydrogens (tertiary/aromatic N) is 3. The van der Waals surface area contributed by atoms with E-state index in [1.54, 1.807) is 7.11 Å². The Morgan fingerprint density at radius 3 is 2.74 bits per heavy atom. The van der Waals surface area contributed by atoms with Crippen LogP contribution < -0.4 is 0 Å². The van der Waals surface area contributed by atoms with Gasteiger partial charge in [-0.1, -0.05) is 6.42 Å². The molecule has 0 amide bonds. The quantitative estimate of drug-likeness (QED) is 0.844. The zero-order valence-electron chi connectivity index (χ0n) is 11.6. The van der Waals surface area contributed by atoms with Crippen molar-refractivity contribution in [2.45, 2.75) is 45.3 Å². The molecule has 0 aromatic carbocycles. The van der Waals surface area contributed by atoms with E-state index in [1.165, 1.54) is 25.7 Å². The number of aliphatic hydroxyl groups excluding tert-OH is 1. The van der Waals surface area contributed by atoms with Gasteiger partial charge in [-0.2, -0.15) is 0 Å². The van der Waals surface area contributed by atoms with Crippen LogP contribution >= 0.6 is 0 Å². The number of aliphatic hydroxyl groups is 1. The molecule has 19 heavy (non-hydrogen) atoms. The minimum absolute atomic E-state index is 0.0482. The van der Waals surface area contributed by atoms with E-state index >= 15 is 0 Å². The summed E-state index contributed by atoms with van der Waals surface area (Å²) >= 11 is 0. The largest absolute Gasteiger partial charge is 0.388 e. The summed E-state index contributed by atoms with van der Waals surface area (Å²) in [5, 5.41) is 17.7. The fourth-order valence-electron chi connectivity index (χ4n) is 3.94. The van der Waals surface area contributed by atoms with Gasteiger partial charge in [-0.15, -0.1) is 10.2 Å². The van der Waals surface area contributed by atoms with E-state index in [9.17, 15) is 5.11 Å². The molecule has 3 unspecified atom stereocenters. The fraction of sp³-hybridized carbons (Fsp3) is 0.857. The average Bonchev–Trinajstić information content (AvgIpc) is 3.11. The number of ether oxygens (including phenoxy) is 1. The predicted octanol–water partition coefficient (Wildman–Crippen LogP) is 1.40. The molecule has 5 nitrogen and oxygen atoms in total. The first-order valence-electron chi connectivity index (χ1n) is 7.32. The Balaban J connectivity index is 1.71. The van der Waals surface area contributed by atoms with Crippen molar-refractivity contribution in [2.75, 3.05) is 13.7 Å². The highest BCUT2D eigenvalue weighted by atomic mass is 16.5. The van der Waals surface area contributed by atoms with Gasteiger partial charge in [0.25, 0.3) is 0 Å². The molecular weight excluding hydrogens is 242 g/mol. The summed E-state index contributed by atoms with van der Waals surface area (Å²) in [5.41, 5.74) is 0. The van der Waals surface area contributed by atoms with Gasteiger partial charge in [-0.05, 0) is 37.0 Å². The van der Waals surface area contributed by atoms with E-state index in [4.69, 9.17) is 4.74 Å². The molecule has 2 fully saturated rings. The number of rotatable bonds is 6. The van der Waals surface area contributed by atoms with E-state index in [-0.39, 0.29) is 6.61 Å². The first-order chi connectivity index (χ1) is 9.31. The predicted molar refractivity (Wildman–Crippen MR) is 70.5 cm³/mol. The molecule has 0 saturated heterocycles. The Labute approximate surface area is 114 Å². The van der Waals surface area contributed by atoms with E-state index in [2.05, 4.69) is 10.2 Å². The molecule has 1 aromatic heterocycles. The zero-order chi connectivity index (χ0) is 13.2. The molecule has 1 aromatic rings. The Hall–Kier alpha value is -0.940. The smallest absolute Gasteiger partial charge is 0.158 e. The minimum Gasteiger partial charge on any atom is -0.388 e. The van der Waals surface area contributed by atoms with Gasteiger partial charge in [0.15, 0.2) is 5.82 Å². The van der Waals surface area contributed by atoms with Crippen LogP contribution in [0.1, 0.15) is 37.3 Å². The van der Waals surface area contributed by atoms with Gasteiger partial charge < -0.3 is 14.4 Å². The zero-order valence-corrected chi connectivity index (χ0v) is 11.6. The molecule has 2 aliphatic rings. The fourth-order valence-corrected chi connectivity index (χ4v) is 3.94. The van der Waals surface area contributed by atoms with Crippen molar-refractivity contribution in [1.82, 2.24) is 14.8 Å². The number of hydrogen-bond acceptors (Lipinski definition) is 4. The topological polar surface area (TPSA) is 60.2 Å². The van der Waals surface area contributed by atoms with Gasteiger partial charge in [-0.25, -0.2) is 0 Å². The Kier molecular flexibility index (Phi) is 3.84. The SMILES string of the molecule is COCCn1c(CO)nnc1CC1CC2CCC1C2. The maximum Gasteiger partial charge on any atom is 0.158 e. The van der Waals surface area contributed by atoms with Gasteiger partial charge in [0.2, 0.25) is 0 Å². The first kappa shape index (κ1) is 13.1. The van der Waals surface area contributed by atoms with E-state index < -0.39 is 0 Å². The Morgan fingerprint density at radius 2 is 2.11 bits per heavy atom. The molecule has 0 spiro atoms. The van der Waals surface area contributed by atoms with Crippen LogP contribution in [0.25, 0.3) is 0 Å². The van der Waals surface area contributed by atoms with Crippen LogP contribution in [0.4, 0.5) is 0 Å². The number of hydrogen-bond donors (Lipinski definition) is 1. The molecule has 1 heterocycles. The summed E-state index contributed by atoms with van der Waals surface area (Å²) in [6.45, 7) is 1.32. The average molecular weight is 265 g/mol. The summed E-state index contributed by atoms with van der Waals surface area (Å²) in [7, 11) is 1.69. The van der Waals surface area contributed by atoms with Crippen molar-refractivity contribution < 1.29 is 9.84 Å². The lowest BCUT2D eigenvalue weighted by molar-refractivity contribution is 0.180. The summed E-state index contributed by atoms with van der Waals surface area (Å²) in [6.07, 6.45) is 6.62. The maximum atomic E-state index is 9.33. The standard InChI is InChI=1S/C14H23N3O2/c1-19-5-4-17-13(15-16-14(17)9-18)8-12-7-10-2-3-11(12)6-10/h10-12,18H,2-9H2,1H3. The molecule has 1 N–H and O–H groups in total. The van der Waals surface area contributed by atoms with Gasteiger partial charge >= 0.3 is 0 Å². The number of methoxy groups -OCH3 is 1. The molecule has 2 saturated carbocycles. The Bertz CT molecular complexity index is 432. The third-order valence-electron chi connectivity index (χ3n) is 4.89. The molecule has 2 bridgehead atoms. The van der Waals surface area contributed by atoms with E-state index in [1.807, 2.05) is 4.57 Å². The summed E-state index contributed by atoms with van der Waals surface area (Å²) in [5.74, 6) is 4.32. The van der Waals surface area contributed by atoms with Gasteiger partial charge in [0.1, 0.15) is 12.4 Å². The summed E-state index contributed by atoms with van der Waals surface area (Å²) < 4.78 is 7.17. The van der Waals surface area contributed by atoms with Gasteiger partial charge in [0, 0.05) is 20.1 Å². The molecule has 3 atom stereocenters. The molecule has 2 aliphatic carbocycles. The van der Waals surface area contributed by atoms with Crippen LogP contribution in [0.5, 0.6) is 0 Å². The highest BCUT2D eigenvalue weighted by Crippen LogP contribution is 2.49. The van der Waals surface area contributed by atoms with Crippen molar-refractivity contribution in [3.05, 3.63) is 11.6 Å². The molecule has 0 aliphatic heterocycles. The lowest BCUT2D eigenvalue weighted by Crippen LogP contribution is -2.18. The second-order valence-electron chi connectivity index (χ2n) is 5.97. The van der Waals surface area contributed by atoms with Crippen LogP contribution in [0.15, 0.2) is 0 Å². The first-order valence-corrected chi connectivity index (χ1v) is 7.32. The third kappa shape index (κ3) is 2.54. The van der Waals surface area contributed by atoms with Crippen LogP contribution in [-0.2, 0) is 24.3 Å². The summed E-state index contributed by atoms with van der Waals surface area (Å²) in [6, 6.07) is 0. The van der Waals surface area contributed by atoms with Gasteiger partial charge in [-0.3, -0.25) is 0 Å². The molecule has 5 heteroatoms. The summed E-state index contributed by atoms with van der Waals surface area (Å²) in [4.78, 5) is 0. The van der Waals surface area contributed by atoms with Crippen molar-refractivity contribution in [2.24, 2.45) is 17.8 Å². The maximum absolute atomic E-state index is 9.33. The number of fused-ring (bicyclic) bond motifs is 2. The van der Waals surface area contributed by atoms with Crippen molar-refractivity contribution in [1.29, 1.82) is 0 Å². The molecule has 106 valence electrons. The highest BCUT2D eigenvalue weighted by Gasteiger charge is 2.39. The minimum atomic E-state index is -0.0482. The second kappa shape index (κ2) is 5.59. The number of aromatic nitrogens is 3. The van der Waals surface area contributed by atoms with Crippen LogP contribution in [0, 0.1) is 17.8 Å². The lowest BCUT2D eigenvalue weighted by Gasteiger charge is -2.21. The van der Waals surface area contributed by atoms with Gasteiger partial charge in [0.05, 0.1) is 6.61 Å². The second-order valence-corrected chi connectivity index (χ2v) is 5.97. The van der Waals surface area contributed by atoms with E-state index in [0.717, 1.165) is 36.5 Å².